The highest BCUT2D eigenvalue weighted by molar-refractivity contribution is 5.94. The van der Waals surface area contributed by atoms with Crippen LogP contribution in [0.3, 0.4) is 0 Å². The summed E-state index contributed by atoms with van der Waals surface area (Å²) in [6, 6.07) is 6.81. The summed E-state index contributed by atoms with van der Waals surface area (Å²) in [7, 11) is 0. The molecule has 1 amide bonds. The van der Waals surface area contributed by atoms with E-state index in [2.05, 4.69) is 15.5 Å². The van der Waals surface area contributed by atoms with Crippen LogP contribution in [0, 0.1) is 16.0 Å². The highest BCUT2D eigenvalue weighted by Crippen LogP contribution is 2.25. The molecular formula is C15H21ClN4O3. The molecule has 2 aliphatic heterocycles. The maximum absolute atomic E-state index is 12.2. The lowest BCUT2D eigenvalue weighted by molar-refractivity contribution is -0.383. The van der Waals surface area contributed by atoms with Crippen LogP contribution in [-0.2, 0) is 4.79 Å². The molecule has 23 heavy (non-hydrogen) atoms. The van der Waals surface area contributed by atoms with E-state index in [1.54, 1.807) is 18.2 Å². The number of nitro groups is 1. The van der Waals surface area contributed by atoms with Crippen LogP contribution in [0.1, 0.15) is 12.8 Å². The third kappa shape index (κ3) is 4.19. The monoisotopic (exact) mass is 340 g/mol. The second-order valence-electron chi connectivity index (χ2n) is 5.96. The van der Waals surface area contributed by atoms with Gasteiger partial charge < -0.3 is 10.6 Å². The standard InChI is InChI=1S/C15H20N4O3.ClH/c20-15(17-13-3-1-2-4-14(13)19(21)22)10-18-8-6-12-11(9-18)5-7-16-12;/h1-4,11-12,16H,5-10H2,(H,17,20);1H. The Morgan fingerprint density at radius 1 is 1.39 bits per heavy atom. The third-order valence-electron chi connectivity index (χ3n) is 4.48. The van der Waals surface area contributed by atoms with E-state index in [0.717, 1.165) is 32.5 Å². The first-order chi connectivity index (χ1) is 10.6. The summed E-state index contributed by atoms with van der Waals surface area (Å²) in [4.78, 5) is 24.8. The Hall–Kier alpha value is -1.70. The summed E-state index contributed by atoms with van der Waals surface area (Å²) in [5.41, 5.74) is 0.185. The number of benzene rings is 1. The molecule has 2 saturated heterocycles. The van der Waals surface area contributed by atoms with Gasteiger partial charge >= 0.3 is 0 Å². The first-order valence-corrected chi connectivity index (χ1v) is 7.62. The Morgan fingerprint density at radius 2 is 2.17 bits per heavy atom. The summed E-state index contributed by atoms with van der Waals surface area (Å²) in [5.74, 6) is 0.423. The molecule has 2 fully saturated rings. The molecule has 2 aliphatic rings. The van der Waals surface area contributed by atoms with Gasteiger partial charge in [0, 0.05) is 25.2 Å². The van der Waals surface area contributed by atoms with E-state index >= 15 is 0 Å². The van der Waals surface area contributed by atoms with Gasteiger partial charge in [0.25, 0.3) is 5.69 Å². The molecule has 2 N–H and O–H groups in total. The number of amides is 1. The molecule has 0 bridgehead atoms. The number of nitrogens with zero attached hydrogens (tertiary/aromatic N) is 2. The number of rotatable bonds is 4. The summed E-state index contributed by atoms with van der Waals surface area (Å²) in [6.07, 6.45) is 2.22. The largest absolute Gasteiger partial charge is 0.319 e. The lowest BCUT2D eigenvalue weighted by Gasteiger charge is -2.34. The van der Waals surface area contributed by atoms with Crippen molar-refractivity contribution < 1.29 is 9.72 Å². The molecule has 7 nitrogen and oxygen atoms in total. The van der Waals surface area contributed by atoms with Gasteiger partial charge in [-0.25, -0.2) is 0 Å². The van der Waals surface area contributed by atoms with E-state index in [4.69, 9.17) is 0 Å². The number of carbonyl (C=O) groups is 1. The smallest absolute Gasteiger partial charge is 0.292 e. The lowest BCUT2D eigenvalue weighted by Crippen LogP contribution is -2.46. The molecule has 2 heterocycles. The Balaban J connectivity index is 0.00000192. The quantitative estimate of drug-likeness (QED) is 0.642. The van der Waals surface area contributed by atoms with Gasteiger partial charge in [-0.05, 0) is 31.4 Å². The minimum absolute atomic E-state index is 0. The second-order valence-corrected chi connectivity index (χ2v) is 5.96. The SMILES string of the molecule is Cl.O=C(CN1CCC2NCCC2C1)Nc1ccccc1[N+](=O)[O-]. The molecule has 2 atom stereocenters. The number of para-hydroxylation sites is 2. The summed E-state index contributed by atoms with van der Waals surface area (Å²) >= 11 is 0. The fourth-order valence-corrected chi connectivity index (χ4v) is 3.40. The van der Waals surface area contributed by atoms with Gasteiger partial charge in [-0.15, -0.1) is 12.4 Å². The van der Waals surface area contributed by atoms with Crippen LogP contribution in [-0.4, -0.2) is 48.0 Å². The number of anilines is 1. The van der Waals surface area contributed by atoms with E-state index in [9.17, 15) is 14.9 Å². The van der Waals surface area contributed by atoms with E-state index in [1.165, 1.54) is 6.07 Å². The van der Waals surface area contributed by atoms with Crippen LogP contribution in [0.4, 0.5) is 11.4 Å². The number of fused-ring (bicyclic) bond motifs is 1. The molecule has 1 aromatic rings. The average molecular weight is 341 g/mol. The molecule has 0 aromatic heterocycles. The van der Waals surface area contributed by atoms with Gasteiger partial charge in [0.05, 0.1) is 11.5 Å². The predicted molar refractivity (Wildman–Crippen MR) is 89.9 cm³/mol. The van der Waals surface area contributed by atoms with Crippen molar-refractivity contribution in [2.75, 3.05) is 31.5 Å². The summed E-state index contributed by atoms with van der Waals surface area (Å²) in [5, 5.41) is 17.1. The van der Waals surface area contributed by atoms with Crippen molar-refractivity contribution in [1.82, 2.24) is 10.2 Å². The summed E-state index contributed by atoms with van der Waals surface area (Å²) < 4.78 is 0. The van der Waals surface area contributed by atoms with Crippen LogP contribution in [0.5, 0.6) is 0 Å². The van der Waals surface area contributed by atoms with Crippen molar-refractivity contribution in [3.63, 3.8) is 0 Å². The molecule has 1 aromatic carbocycles. The number of hydrogen-bond acceptors (Lipinski definition) is 5. The van der Waals surface area contributed by atoms with Gasteiger partial charge in [0.1, 0.15) is 5.69 Å². The molecule has 8 heteroatoms. The highest BCUT2D eigenvalue weighted by atomic mass is 35.5. The Morgan fingerprint density at radius 3 is 2.96 bits per heavy atom. The average Bonchev–Trinajstić information content (AvgIpc) is 2.95. The second kappa shape index (κ2) is 7.72. The number of nitro benzene ring substituents is 1. The Bertz CT molecular complexity index is 584. The zero-order valence-electron chi connectivity index (χ0n) is 12.7. The highest BCUT2D eigenvalue weighted by Gasteiger charge is 2.33. The number of halogens is 1. The zero-order chi connectivity index (χ0) is 15.5. The van der Waals surface area contributed by atoms with Crippen molar-refractivity contribution in [3.8, 4) is 0 Å². The van der Waals surface area contributed by atoms with Gasteiger partial charge in [-0.1, -0.05) is 12.1 Å². The first kappa shape index (κ1) is 17.7. The molecule has 0 radical (unpaired) electrons. The summed E-state index contributed by atoms with van der Waals surface area (Å²) in [6.45, 7) is 3.15. The van der Waals surface area contributed by atoms with Crippen molar-refractivity contribution in [1.29, 1.82) is 0 Å². The van der Waals surface area contributed by atoms with Crippen molar-refractivity contribution in [3.05, 3.63) is 34.4 Å². The molecule has 3 rings (SSSR count). The van der Waals surface area contributed by atoms with Crippen LogP contribution < -0.4 is 10.6 Å². The lowest BCUT2D eigenvalue weighted by atomic mass is 9.93. The number of likely N-dealkylation sites (tertiary alicyclic amines) is 1. The van der Waals surface area contributed by atoms with Crippen LogP contribution in [0.2, 0.25) is 0 Å². The number of nitrogens with one attached hydrogen (secondary N) is 2. The Kier molecular flexibility index (Phi) is 5.92. The van der Waals surface area contributed by atoms with Crippen LogP contribution >= 0.6 is 12.4 Å². The van der Waals surface area contributed by atoms with Gasteiger partial charge in [0.2, 0.25) is 5.91 Å². The zero-order valence-corrected chi connectivity index (χ0v) is 13.6. The molecule has 126 valence electrons. The fourth-order valence-electron chi connectivity index (χ4n) is 3.40. The molecular weight excluding hydrogens is 320 g/mol. The van der Waals surface area contributed by atoms with Gasteiger partial charge in [-0.3, -0.25) is 19.8 Å². The van der Waals surface area contributed by atoms with Crippen LogP contribution in [0.15, 0.2) is 24.3 Å². The first-order valence-electron chi connectivity index (χ1n) is 7.62. The topological polar surface area (TPSA) is 87.5 Å². The maximum atomic E-state index is 12.2. The van der Waals surface area contributed by atoms with E-state index < -0.39 is 4.92 Å². The normalized spacial score (nSPS) is 23.7. The molecule has 0 saturated carbocycles. The van der Waals surface area contributed by atoms with Crippen LogP contribution in [0.25, 0.3) is 0 Å². The van der Waals surface area contributed by atoms with E-state index in [-0.39, 0.29) is 36.2 Å². The van der Waals surface area contributed by atoms with E-state index in [0.29, 0.717) is 12.0 Å². The third-order valence-corrected chi connectivity index (χ3v) is 4.48. The predicted octanol–water partition coefficient (Wildman–Crippen LogP) is 1.64. The van der Waals surface area contributed by atoms with Gasteiger partial charge in [0.15, 0.2) is 0 Å². The van der Waals surface area contributed by atoms with Crippen molar-refractivity contribution in [2.24, 2.45) is 5.92 Å². The minimum Gasteiger partial charge on any atom is -0.319 e. The van der Waals surface area contributed by atoms with Crippen molar-refractivity contribution >= 4 is 29.7 Å². The number of hydrogen-bond donors (Lipinski definition) is 2. The maximum Gasteiger partial charge on any atom is 0.292 e. The van der Waals surface area contributed by atoms with E-state index in [1.807, 2.05) is 0 Å². The number of carbonyl (C=O) groups excluding carboxylic acids is 1. The molecule has 0 aliphatic carbocycles. The molecule has 0 spiro atoms. The minimum atomic E-state index is -0.481. The Labute approximate surface area is 141 Å². The van der Waals surface area contributed by atoms with Crippen molar-refractivity contribution in [2.45, 2.75) is 18.9 Å². The number of piperidine rings is 1. The fraction of sp³-hybridized carbons (Fsp3) is 0.533. The molecule has 2 unspecified atom stereocenters. The van der Waals surface area contributed by atoms with Gasteiger partial charge in [-0.2, -0.15) is 0 Å².